The predicted octanol–water partition coefficient (Wildman–Crippen LogP) is 4.76. The van der Waals surface area contributed by atoms with Gasteiger partial charge in [-0.05, 0) is 60.4 Å². The molecule has 0 spiro atoms. The molecule has 0 atom stereocenters. The van der Waals surface area contributed by atoms with Gasteiger partial charge in [0.25, 0.3) is 0 Å². The van der Waals surface area contributed by atoms with Gasteiger partial charge in [0, 0.05) is 34.9 Å². The zero-order valence-corrected chi connectivity index (χ0v) is 21.1. The van der Waals surface area contributed by atoms with E-state index in [4.69, 9.17) is 10.5 Å². The van der Waals surface area contributed by atoms with Gasteiger partial charge in [-0.25, -0.2) is 20.0 Å². The van der Waals surface area contributed by atoms with Crippen molar-refractivity contribution in [3.63, 3.8) is 0 Å². The summed E-state index contributed by atoms with van der Waals surface area (Å²) >= 11 is 0. The third-order valence-corrected chi connectivity index (χ3v) is 8.33. The quantitative estimate of drug-likeness (QED) is 0.374. The lowest BCUT2D eigenvalue weighted by molar-refractivity contribution is 0.0923. The highest BCUT2D eigenvalue weighted by atomic mass is 32.3. The van der Waals surface area contributed by atoms with Gasteiger partial charge in [0.05, 0.1) is 12.3 Å². The second-order valence-corrected chi connectivity index (χ2v) is 14.9. The standard InChI is InChI=1S/C28H34N4OS/c1-34(2,3)14-13-33-20-32-12-11-25-26(30-19-31-27(25)32)21-9-6-10-24(15-21)28(18-29)16-22-7-4-5-8-23(22)17-28/h4-12,15,19H,13-14,16-18,20,29H2,1-3H3. The van der Waals surface area contributed by atoms with E-state index in [0.717, 1.165) is 47.5 Å². The molecule has 6 heteroatoms. The maximum atomic E-state index is 6.41. The Morgan fingerprint density at radius 1 is 1.00 bits per heavy atom. The lowest BCUT2D eigenvalue weighted by Gasteiger charge is -2.28. The fourth-order valence-corrected chi connectivity index (χ4v) is 5.58. The Kier molecular flexibility index (Phi) is 6.23. The van der Waals surface area contributed by atoms with Crippen molar-refractivity contribution in [2.24, 2.45) is 5.73 Å². The lowest BCUT2D eigenvalue weighted by atomic mass is 9.77. The van der Waals surface area contributed by atoms with Crippen molar-refractivity contribution < 1.29 is 4.74 Å². The summed E-state index contributed by atoms with van der Waals surface area (Å²) in [5, 5.41) is 1.04. The largest absolute Gasteiger partial charge is 0.360 e. The maximum absolute atomic E-state index is 6.41. The Bertz CT molecular complexity index is 1280. The summed E-state index contributed by atoms with van der Waals surface area (Å²) in [5.41, 5.74) is 13.4. The van der Waals surface area contributed by atoms with Gasteiger partial charge >= 0.3 is 0 Å². The molecular weight excluding hydrogens is 440 g/mol. The fraction of sp³-hybridized carbons (Fsp3) is 0.357. The predicted molar refractivity (Wildman–Crippen MR) is 144 cm³/mol. The topological polar surface area (TPSA) is 66.0 Å². The summed E-state index contributed by atoms with van der Waals surface area (Å²) < 4.78 is 8.03. The highest BCUT2D eigenvalue weighted by Gasteiger charge is 2.37. The number of hydrogen-bond donors (Lipinski definition) is 1. The summed E-state index contributed by atoms with van der Waals surface area (Å²) in [6.07, 6.45) is 12.6. The van der Waals surface area contributed by atoms with Crippen molar-refractivity contribution in [2.45, 2.75) is 25.0 Å². The van der Waals surface area contributed by atoms with Crippen LogP contribution in [0.3, 0.4) is 0 Å². The van der Waals surface area contributed by atoms with Gasteiger partial charge in [-0.1, -0.05) is 42.5 Å². The van der Waals surface area contributed by atoms with Gasteiger partial charge in [-0.15, -0.1) is 0 Å². The average molecular weight is 475 g/mol. The molecule has 2 heterocycles. The Labute approximate surface area is 203 Å². The van der Waals surface area contributed by atoms with E-state index in [2.05, 4.69) is 87.9 Å². The van der Waals surface area contributed by atoms with Crippen LogP contribution in [0.25, 0.3) is 22.3 Å². The molecule has 1 aliphatic carbocycles. The third kappa shape index (κ3) is 4.50. The van der Waals surface area contributed by atoms with Gasteiger partial charge in [-0.2, -0.15) is 0 Å². The number of nitrogens with zero attached hydrogens (tertiary/aromatic N) is 3. The first-order chi connectivity index (χ1) is 16.4. The molecule has 2 aromatic carbocycles. The zero-order valence-electron chi connectivity index (χ0n) is 20.3. The molecule has 0 unspecified atom stereocenters. The van der Waals surface area contributed by atoms with Crippen LogP contribution in [0.5, 0.6) is 0 Å². The number of nitrogens with two attached hydrogens (primary N) is 1. The van der Waals surface area contributed by atoms with Gasteiger partial charge in [0.2, 0.25) is 0 Å². The molecule has 34 heavy (non-hydrogen) atoms. The summed E-state index contributed by atoms with van der Waals surface area (Å²) in [4.78, 5) is 9.25. The van der Waals surface area contributed by atoms with Crippen LogP contribution >= 0.6 is 10.0 Å². The van der Waals surface area contributed by atoms with E-state index in [1.807, 2.05) is 6.20 Å². The first kappa shape index (κ1) is 23.1. The van der Waals surface area contributed by atoms with Crippen LogP contribution in [-0.4, -0.2) is 52.2 Å². The van der Waals surface area contributed by atoms with E-state index < -0.39 is 10.0 Å². The monoisotopic (exact) mass is 474 g/mol. The highest BCUT2D eigenvalue weighted by molar-refractivity contribution is 8.32. The Hall–Kier alpha value is -2.67. The molecule has 0 saturated heterocycles. The van der Waals surface area contributed by atoms with Crippen LogP contribution in [0, 0.1) is 0 Å². The van der Waals surface area contributed by atoms with Crippen LogP contribution < -0.4 is 5.73 Å². The molecule has 5 rings (SSSR count). The van der Waals surface area contributed by atoms with E-state index >= 15 is 0 Å². The van der Waals surface area contributed by atoms with Crippen LogP contribution in [0.1, 0.15) is 16.7 Å². The molecule has 4 aromatic rings. The number of fused-ring (bicyclic) bond motifs is 2. The molecule has 2 aromatic heterocycles. The molecule has 178 valence electrons. The number of ether oxygens (including phenoxy) is 1. The van der Waals surface area contributed by atoms with Crippen molar-refractivity contribution in [3.8, 4) is 11.3 Å². The maximum Gasteiger partial charge on any atom is 0.145 e. The van der Waals surface area contributed by atoms with Gasteiger partial charge < -0.3 is 15.0 Å². The first-order valence-electron chi connectivity index (χ1n) is 11.8. The third-order valence-electron chi connectivity index (χ3n) is 6.94. The van der Waals surface area contributed by atoms with E-state index in [1.54, 1.807) is 6.33 Å². The SMILES string of the molecule is CS(C)(C)CCOCn1ccc2c(-c3cccc(C4(CN)Cc5ccccc5C4)c3)ncnc21. The Morgan fingerprint density at radius 2 is 1.76 bits per heavy atom. The van der Waals surface area contributed by atoms with Crippen molar-refractivity contribution >= 4 is 21.1 Å². The molecular formula is C28H34N4OS. The molecule has 0 saturated carbocycles. The first-order valence-corrected chi connectivity index (χ1v) is 14.8. The van der Waals surface area contributed by atoms with Crippen molar-refractivity contribution in [1.82, 2.24) is 14.5 Å². The molecule has 1 aliphatic rings. The zero-order chi connectivity index (χ0) is 23.8. The molecule has 0 amide bonds. The second kappa shape index (κ2) is 9.17. The molecule has 0 aliphatic heterocycles. The fourth-order valence-electron chi connectivity index (χ4n) is 4.97. The van der Waals surface area contributed by atoms with Crippen molar-refractivity contribution in [2.75, 3.05) is 37.7 Å². The Balaban J connectivity index is 1.43. The summed E-state index contributed by atoms with van der Waals surface area (Å²) in [5.74, 6) is 1.10. The van der Waals surface area contributed by atoms with Crippen molar-refractivity contribution in [1.29, 1.82) is 0 Å². The minimum absolute atomic E-state index is 0.0688. The minimum Gasteiger partial charge on any atom is -0.360 e. The van der Waals surface area contributed by atoms with Gasteiger partial charge in [-0.3, -0.25) is 0 Å². The lowest BCUT2D eigenvalue weighted by Crippen LogP contribution is -2.36. The molecule has 0 radical (unpaired) electrons. The summed E-state index contributed by atoms with van der Waals surface area (Å²) in [6, 6.07) is 19.6. The number of hydrogen-bond acceptors (Lipinski definition) is 4. The van der Waals surface area contributed by atoms with E-state index in [9.17, 15) is 0 Å². The van der Waals surface area contributed by atoms with Crippen LogP contribution in [-0.2, 0) is 29.7 Å². The number of rotatable bonds is 8. The van der Waals surface area contributed by atoms with E-state index in [0.29, 0.717) is 13.3 Å². The number of aromatic nitrogens is 3. The molecule has 2 N–H and O–H groups in total. The smallest absolute Gasteiger partial charge is 0.145 e. The normalized spacial score (nSPS) is 15.5. The molecule has 0 fully saturated rings. The van der Waals surface area contributed by atoms with Crippen molar-refractivity contribution in [3.05, 3.63) is 83.8 Å². The van der Waals surface area contributed by atoms with Crippen LogP contribution in [0.4, 0.5) is 0 Å². The van der Waals surface area contributed by atoms with Crippen LogP contribution in [0.15, 0.2) is 67.1 Å². The highest BCUT2D eigenvalue weighted by Crippen LogP contribution is 2.40. The minimum atomic E-state index is -0.555. The second-order valence-electron chi connectivity index (χ2n) is 10.3. The van der Waals surface area contributed by atoms with Gasteiger partial charge in [0.15, 0.2) is 0 Å². The van der Waals surface area contributed by atoms with E-state index in [-0.39, 0.29) is 5.41 Å². The molecule has 5 nitrogen and oxygen atoms in total. The summed E-state index contributed by atoms with van der Waals surface area (Å²) in [7, 11) is -0.555. The van der Waals surface area contributed by atoms with Crippen LogP contribution in [0.2, 0.25) is 0 Å². The van der Waals surface area contributed by atoms with E-state index in [1.165, 1.54) is 16.7 Å². The summed E-state index contributed by atoms with van der Waals surface area (Å²) in [6.45, 7) is 1.89. The van der Waals surface area contributed by atoms with Gasteiger partial charge in [0.1, 0.15) is 18.7 Å². The number of benzene rings is 2. The molecule has 0 bridgehead atoms. The average Bonchev–Trinajstić information content (AvgIpc) is 3.43. The Morgan fingerprint density at radius 3 is 2.47 bits per heavy atom.